The Morgan fingerprint density at radius 2 is 1.68 bits per heavy atom. The third-order valence-electron chi connectivity index (χ3n) is 8.46. The Morgan fingerprint density at radius 3 is 2.34 bits per heavy atom. The van der Waals surface area contributed by atoms with E-state index in [1.165, 1.54) is 27.8 Å². The lowest BCUT2D eigenvalue weighted by Gasteiger charge is -2.19. The number of rotatable bonds is 31. The summed E-state index contributed by atoms with van der Waals surface area (Å²) in [5.41, 5.74) is 5.29. The maximum absolute atomic E-state index is 12.7. The Hall–Kier alpha value is -3.84. The van der Waals surface area contributed by atoms with E-state index in [1.54, 1.807) is 7.05 Å². The fraction of sp³-hybridized carbons (Fsp3) is 0.606. The number of nitrogens with zero attached hydrogens (tertiary/aromatic N) is 2. The number of nitrogens with two attached hydrogens (primary N) is 1. The van der Waals surface area contributed by atoms with E-state index in [0.29, 0.717) is 30.8 Å². The van der Waals surface area contributed by atoms with Crippen LogP contribution in [0.25, 0.3) is 0 Å². The van der Waals surface area contributed by atoms with Gasteiger partial charge in [-0.3, -0.25) is 37.6 Å². The number of likely N-dealkylation sites (N-methyl/N-ethyl adjacent to an activating group) is 1. The summed E-state index contributed by atoms with van der Waals surface area (Å²) in [6.45, 7) is 0.0406. The molecule has 0 radical (unpaired) electrons. The Kier molecular flexibility index (Phi) is 27.5. The van der Waals surface area contributed by atoms with Crippen LogP contribution in [0.5, 0.6) is 0 Å². The molecule has 1 saturated heterocycles. The molecule has 1 aliphatic rings. The number of nitrogens with one attached hydrogen (secondary N) is 5. The number of aliphatic hydroxyl groups excluding tert-OH is 1. The van der Waals surface area contributed by atoms with Gasteiger partial charge in [-0.15, -0.1) is 0 Å². The van der Waals surface area contributed by atoms with Crippen LogP contribution in [-0.2, 0) is 51.4 Å². The highest BCUT2D eigenvalue weighted by Gasteiger charge is 2.36. The second-order valence-corrected chi connectivity index (χ2v) is 18.8. The smallest absolute Gasteiger partial charge is 0.351 e. The van der Waals surface area contributed by atoms with Crippen LogP contribution in [0.15, 0.2) is 11.0 Å². The Labute approximate surface area is 382 Å². The fourth-order valence-electron chi connectivity index (χ4n) is 5.26. The molecule has 65 heavy (non-hydrogen) atoms. The second kappa shape index (κ2) is 31.2. The summed E-state index contributed by atoms with van der Waals surface area (Å²) < 4.78 is 21.1. The molecule has 1 aliphatic heterocycles. The standard InChI is InChI=1S/C33H51N8O19P3S2/c1-35-21(30(49)37-9-4-2-3-7-25(44)38-19(12-27(45)46)31(50)39-20(32(51)52)13-28(47)48)17-65-64-11-8-24(43)36-10-5-6-18-15-41(33(53)40-29(18)34)26-14-22(42)23(58-26)16-57-61-59-63(56)60-62(54)55/h15,19-23,26,35,42,54-56,61H,2-4,7-14,16-17H2,1H3,(H,36,43)(H,37,49)(H,38,44)(H,39,50)(H,45,46)(H,47,48)(H,51,52)(H2,34,40,53)/t19?,20?,21?,22?,23-,26-,63?/m1/s1. The molecule has 0 spiro atoms. The number of aromatic nitrogens is 2. The first kappa shape index (κ1) is 57.3. The fourth-order valence-corrected chi connectivity index (χ4v) is 9.13. The average molecular weight is 1020 g/mol. The number of amides is 4. The van der Waals surface area contributed by atoms with Gasteiger partial charge in [-0.2, -0.15) is 4.98 Å². The number of nitrogen functional groups attached to an aromatic ring is 1. The van der Waals surface area contributed by atoms with Crippen molar-refractivity contribution in [3.8, 4) is 11.8 Å². The van der Waals surface area contributed by atoms with Gasteiger partial charge in [0.15, 0.2) is 9.03 Å². The van der Waals surface area contributed by atoms with Gasteiger partial charge in [0.1, 0.15) is 30.2 Å². The van der Waals surface area contributed by atoms with Crippen molar-refractivity contribution in [3.05, 3.63) is 22.2 Å². The van der Waals surface area contributed by atoms with Crippen LogP contribution in [0.2, 0.25) is 0 Å². The molecule has 14 N–H and O–H groups in total. The van der Waals surface area contributed by atoms with E-state index >= 15 is 0 Å². The zero-order valence-electron chi connectivity index (χ0n) is 34.4. The predicted octanol–water partition coefficient (Wildman–Crippen LogP) is -2.03. The SMILES string of the molecule is CNC(CSSCCC(=O)NCC#Cc1cn([C@H]2CC(O)[C@@H](COPOP(O)OP(O)O)O2)c(=O)nc1N)C(=O)NCCCCCC(=O)NC(CC(=O)O)C(=O)NC(CC(=O)O)C(=O)O. The molecule has 1 aromatic heterocycles. The number of anilines is 1. The highest BCUT2D eigenvalue weighted by molar-refractivity contribution is 8.76. The van der Waals surface area contributed by atoms with Crippen molar-refractivity contribution in [3.63, 3.8) is 0 Å². The number of ether oxygens (including phenoxy) is 1. The Morgan fingerprint density at radius 1 is 0.969 bits per heavy atom. The van der Waals surface area contributed by atoms with Gasteiger partial charge in [-0.05, 0) is 19.9 Å². The van der Waals surface area contributed by atoms with Crippen molar-refractivity contribution < 1.29 is 86.5 Å². The molecule has 0 aromatic carbocycles. The average Bonchev–Trinajstić information content (AvgIpc) is 3.59. The number of carboxylic acid groups (broad SMARTS) is 3. The third-order valence-corrected chi connectivity index (χ3v) is 13.2. The summed E-state index contributed by atoms with van der Waals surface area (Å²) in [7, 11) is -1.80. The van der Waals surface area contributed by atoms with Crippen LogP contribution in [0.3, 0.4) is 0 Å². The number of carbonyl (C=O) groups is 7. The van der Waals surface area contributed by atoms with Crippen molar-refractivity contribution in [1.82, 2.24) is 36.1 Å². The molecule has 0 saturated carbocycles. The quantitative estimate of drug-likeness (QED) is 0.0165. The Balaban J connectivity index is 1.66. The number of hydrogen-bond acceptors (Lipinski definition) is 21. The van der Waals surface area contributed by atoms with E-state index in [1.807, 2.05) is 5.32 Å². The van der Waals surface area contributed by atoms with Crippen LogP contribution in [0.1, 0.15) is 63.2 Å². The van der Waals surface area contributed by atoms with Crippen molar-refractivity contribution >= 4 is 95.2 Å². The molecule has 1 aromatic rings. The molecule has 32 heteroatoms. The molecule has 8 atom stereocenters. The maximum Gasteiger partial charge on any atom is 0.351 e. The van der Waals surface area contributed by atoms with Gasteiger partial charge in [0.05, 0.1) is 43.7 Å². The molecule has 6 unspecified atom stereocenters. The summed E-state index contributed by atoms with van der Waals surface area (Å²) in [6.07, 6.45) is -2.06. The molecule has 4 amide bonds. The summed E-state index contributed by atoms with van der Waals surface area (Å²) in [5, 5.41) is 50.0. The Bertz CT molecular complexity index is 1900. The van der Waals surface area contributed by atoms with Gasteiger partial charge in [-0.1, -0.05) is 39.8 Å². The number of aliphatic hydroxyl groups is 1. The van der Waals surface area contributed by atoms with E-state index in [9.17, 15) is 48.4 Å². The van der Waals surface area contributed by atoms with Crippen molar-refractivity contribution in [2.45, 2.75) is 87.9 Å². The first-order valence-corrected chi connectivity index (χ1v) is 24.7. The monoisotopic (exact) mass is 1020 g/mol. The molecule has 364 valence electrons. The van der Waals surface area contributed by atoms with Gasteiger partial charge < -0.3 is 76.7 Å². The molecule has 27 nitrogen and oxygen atoms in total. The number of carbonyl (C=O) groups excluding carboxylic acids is 4. The molecule has 2 rings (SSSR count). The number of carboxylic acids is 3. The van der Waals surface area contributed by atoms with E-state index in [-0.39, 0.29) is 62.2 Å². The molecule has 1 fully saturated rings. The maximum atomic E-state index is 12.7. The third kappa shape index (κ3) is 23.4. The number of hydrogen-bond donors (Lipinski definition) is 13. The first-order valence-electron chi connectivity index (χ1n) is 19.1. The zero-order chi connectivity index (χ0) is 48.5. The second-order valence-electron chi connectivity index (χ2n) is 13.3. The van der Waals surface area contributed by atoms with Crippen LogP contribution >= 0.6 is 47.8 Å². The zero-order valence-corrected chi connectivity index (χ0v) is 38.9. The normalized spacial score (nSPS) is 17.7. The number of aliphatic carboxylic acids is 3. The lowest BCUT2D eigenvalue weighted by atomic mass is 10.1. The van der Waals surface area contributed by atoms with Gasteiger partial charge in [0, 0.05) is 43.5 Å². The highest BCUT2D eigenvalue weighted by atomic mass is 33.1. The van der Waals surface area contributed by atoms with Crippen LogP contribution < -0.4 is 38.0 Å². The molecule has 2 heterocycles. The summed E-state index contributed by atoms with van der Waals surface area (Å²) in [5.74, 6) is -0.885. The summed E-state index contributed by atoms with van der Waals surface area (Å²) in [4.78, 5) is 126. The van der Waals surface area contributed by atoms with Crippen LogP contribution in [-0.4, -0.2) is 155 Å². The minimum atomic E-state index is -2.82. The highest BCUT2D eigenvalue weighted by Crippen LogP contribution is 2.50. The van der Waals surface area contributed by atoms with Crippen LogP contribution in [0.4, 0.5) is 5.82 Å². The molecular weight excluding hydrogens is 969 g/mol. The van der Waals surface area contributed by atoms with E-state index < -0.39 is 111 Å². The van der Waals surface area contributed by atoms with Crippen LogP contribution in [0, 0.1) is 11.8 Å². The first-order chi connectivity index (χ1) is 30.8. The summed E-state index contributed by atoms with van der Waals surface area (Å²) in [6, 6.07) is -4.01. The van der Waals surface area contributed by atoms with Gasteiger partial charge in [0.25, 0.3) is 0 Å². The van der Waals surface area contributed by atoms with E-state index in [0.717, 1.165) is 4.57 Å². The summed E-state index contributed by atoms with van der Waals surface area (Å²) >= 11 is 0. The predicted molar refractivity (Wildman–Crippen MR) is 234 cm³/mol. The molecule has 0 bridgehead atoms. The molecular formula is C33H51N8O19P3S2. The van der Waals surface area contributed by atoms with E-state index in [2.05, 4.69) is 42.4 Å². The van der Waals surface area contributed by atoms with Gasteiger partial charge in [-0.25, -0.2) is 13.9 Å². The van der Waals surface area contributed by atoms with E-state index in [4.69, 9.17) is 44.4 Å². The van der Waals surface area contributed by atoms with Crippen molar-refractivity contribution in [2.24, 2.45) is 0 Å². The van der Waals surface area contributed by atoms with Gasteiger partial charge >= 0.3 is 40.8 Å². The largest absolute Gasteiger partial charge is 0.481 e. The lowest BCUT2D eigenvalue weighted by molar-refractivity contribution is -0.148. The lowest BCUT2D eigenvalue weighted by Crippen LogP contribution is -2.52. The van der Waals surface area contributed by atoms with Gasteiger partial charge in [0.2, 0.25) is 23.6 Å². The van der Waals surface area contributed by atoms with Crippen molar-refractivity contribution in [1.29, 1.82) is 0 Å². The van der Waals surface area contributed by atoms with Crippen molar-refractivity contribution in [2.75, 3.05) is 44.0 Å². The molecule has 0 aliphatic carbocycles. The minimum absolute atomic E-state index is 0.00907. The number of unbranched alkanes of at least 4 members (excludes halogenated alkanes) is 2. The minimum Gasteiger partial charge on any atom is -0.481 e. The topological polar surface area (TPSA) is 419 Å².